The van der Waals surface area contributed by atoms with E-state index in [9.17, 15) is 27.9 Å². The van der Waals surface area contributed by atoms with Gasteiger partial charge in [0.05, 0.1) is 31.9 Å². The van der Waals surface area contributed by atoms with E-state index in [1.807, 2.05) is 31.4 Å². The van der Waals surface area contributed by atoms with Crippen LogP contribution in [0.15, 0.2) is 53.1 Å². The lowest BCUT2D eigenvalue weighted by atomic mass is 9.84. The van der Waals surface area contributed by atoms with Crippen LogP contribution in [0.2, 0.25) is 0 Å². The minimum Gasteiger partial charge on any atom is -0.489 e. The molecule has 2 aromatic heterocycles. The molecule has 0 radical (unpaired) electrons. The molecule has 0 saturated carbocycles. The summed E-state index contributed by atoms with van der Waals surface area (Å²) in [6.07, 6.45) is 0.365. The van der Waals surface area contributed by atoms with Crippen molar-refractivity contribution in [2.45, 2.75) is 31.5 Å². The number of rotatable bonds is 13. The molecule has 3 aromatic rings. The predicted octanol–water partition coefficient (Wildman–Crippen LogP) is -0.281. The number of benzene rings is 1. The maximum absolute atomic E-state index is 13.2. The van der Waals surface area contributed by atoms with Gasteiger partial charge in [0.2, 0.25) is 0 Å². The number of hydrogen-bond donors (Lipinski definition) is 5. The van der Waals surface area contributed by atoms with Gasteiger partial charge in [-0.05, 0) is 37.6 Å². The van der Waals surface area contributed by atoms with Gasteiger partial charge < -0.3 is 31.0 Å². The summed E-state index contributed by atoms with van der Waals surface area (Å²) < 4.78 is 43.2. The number of piperazine rings is 1. The first-order chi connectivity index (χ1) is 23.1. The Bertz CT molecular complexity index is 1860. The third-order valence-corrected chi connectivity index (χ3v) is 8.79. The van der Waals surface area contributed by atoms with Crippen LogP contribution in [0.1, 0.15) is 19.5 Å². The molecule has 2 aliphatic heterocycles. The van der Waals surface area contributed by atoms with E-state index in [1.165, 1.54) is 19.2 Å². The number of nitrogen functional groups attached to an aromatic ring is 1. The lowest BCUT2D eigenvalue weighted by Crippen LogP contribution is -2.76. The highest BCUT2D eigenvalue weighted by atomic mass is 32.3. The minimum atomic E-state index is -5.02. The highest BCUT2D eigenvalue weighted by Gasteiger charge is 2.58. The van der Waals surface area contributed by atoms with E-state index >= 15 is 0 Å². The second-order valence-corrected chi connectivity index (χ2v) is 13.5. The number of ether oxygens (including phenoxy) is 1. The number of aryl methyl sites for hydroxylation is 1. The van der Waals surface area contributed by atoms with Crippen molar-refractivity contribution in [1.82, 2.24) is 20.7 Å². The second-order valence-electron chi connectivity index (χ2n) is 11.6. The molecule has 0 spiro atoms. The Morgan fingerprint density at radius 2 is 1.88 bits per heavy atom. The van der Waals surface area contributed by atoms with Crippen LogP contribution in [0.5, 0.6) is 5.75 Å². The molecule has 1 aromatic carbocycles. The molecular weight excluding hydrogens is 684 g/mol. The molecule has 5 rings (SSSR count). The number of hydrogen-bond acceptors (Lipinski definition) is 14. The van der Waals surface area contributed by atoms with Crippen molar-refractivity contribution in [3.63, 3.8) is 0 Å². The Kier molecular flexibility index (Phi) is 10.3. The molecule has 2 aliphatic rings. The van der Waals surface area contributed by atoms with Crippen LogP contribution < -0.4 is 30.6 Å². The fourth-order valence-electron chi connectivity index (χ4n) is 5.19. The zero-order chi connectivity index (χ0) is 35.5. The third kappa shape index (κ3) is 8.23. The van der Waals surface area contributed by atoms with E-state index in [0.717, 1.165) is 54.5 Å². The van der Waals surface area contributed by atoms with E-state index in [0.29, 0.717) is 10.8 Å². The summed E-state index contributed by atoms with van der Waals surface area (Å²) in [6, 6.07) is 9.84. The van der Waals surface area contributed by atoms with Crippen LogP contribution in [0.4, 0.5) is 10.9 Å². The monoisotopic (exact) mass is 719 g/mol. The van der Waals surface area contributed by atoms with Crippen LogP contribution >= 0.6 is 11.3 Å². The molecular formula is C29H35N8O10S2+. The highest BCUT2D eigenvalue weighted by Crippen LogP contribution is 2.33. The van der Waals surface area contributed by atoms with Crippen molar-refractivity contribution in [2.24, 2.45) is 12.2 Å². The lowest BCUT2D eigenvalue weighted by molar-refractivity contribution is -0.658. The molecule has 0 aliphatic carbocycles. The first-order valence-electron chi connectivity index (χ1n) is 14.8. The van der Waals surface area contributed by atoms with Gasteiger partial charge in [0.1, 0.15) is 24.1 Å². The van der Waals surface area contributed by atoms with Gasteiger partial charge in [0.25, 0.3) is 23.7 Å². The zero-order valence-corrected chi connectivity index (χ0v) is 28.2. The number of aliphatic carboxylic acids is 1. The van der Waals surface area contributed by atoms with Gasteiger partial charge in [0, 0.05) is 30.1 Å². The van der Waals surface area contributed by atoms with Crippen molar-refractivity contribution < 1.29 is 50.9 Å². The zero-order valence-electron chi connectivity index (χ0n) is 26.6. The molecule has 49 heavy (non-hydrogen) atoms. The SMILES string of the molecule is C[n+]1cc(-c2ccc(OC[C@H](O/N=C(\C(=O)N[C@@H]3C(=O)N(OS(=O)(=O)O)C3(C)C)c3csc(N)n3)C(=O)O)cc2)ccc1N1CCNCC1. The summed E-state index contributed by atoms with van der Waals surface area (Å²) in [5, 5.41) is 21.1. The highest BCUT2D eigenvalue weighted by molar-refractivity contribution is 7.80. The molecule has 0 unspecified atom stereocenters. The Morgan fingerprint density at radius 1 is 1.20 bits per heavy atom. The molecule has 2 atom stereocenters. The number of aromatic nitrogens is 2. The van der Waals surface area contributed by atoms with E-state index in [1.54, 1.807) is 12.1 Å². The summed E-state index contributed by atoms with van der Waals surface area (Å²) >= 11 is 0.965. The number of pyridine rings is 1. The van der Waals surface area contributed by atoms with E-state index < -0.39 is 58.2 Å². The number of amides is 2. The van der Waals surface area contributed by atoms with Crippen molar-refractivity contribution in [3.05, 3.63) is 53.7 Å². The van der Waals surface area contributed by atoms with Crippen molar-refractivity contribution in [3.8, 4) is 16.9 Å². The summed E-state index contributed by atoms with van der Waals surface area (Å²) in [5.74, 6) is -1.97. The van der Waals surface area contributed by atoms with Gasteiger partial charge in [-0.3, -0.25) is 19.0 Å². The van der Waals surface area contributed by atoms with Crippen LogP contribution in [0.3, 0.4) is 0 Å². The van der Waals surface area contributed by atoms with Gasteiger partial charge in [0.15, 0.2) is 10.8 Å². The van der Waals surface area contributed by atoms with Crippen LogP contribution in [-0.4, -0.2) is 102 Å². The van der Waals surface area contributed by atoms with Crippen molar-refractivity contribution >= 4 is 56.2 Å². The first-order valence-corrected chi connectivity index (χ1v) is 17.1. The smallest absolute Gasteiger partial charge is 0.418 e. The molecule has 0 bridgehead atoms. The number of carboxylic acids is 1. The number of anilines is 2. The average Bonchev–Trinajstić information content (AvgIpc) is 3.49. The van der Waals surface area contributed by atoms with Crippen LogP contribution in [-0.2, 0) is 41.0 Å². The normalized spacial score (nSPS) is 18.4. The molecule has 2 amide bonds. The van der Waals surface area contributed by atoms with Gasteiger partial charge in [-0.15, -0.1) is 15.6 Å². The number of carboxylic acid groups (broad SMARTS) is 1. The number of hydroxylamine groups is 2. The summed E-state index contributed by atoms with van der Waals surface area (Å²) in [4.78, 5) is 49.3. The number of nitrogens with two attached hydrogens (primary N) is 1. The van der Waals surface area contributed by atoms with Gasteiger partial charge in [-0.25, -0.2) is 14.3 Å². The topological polar surface area (TPSA) is 239 Å². The fourth-order valence-corrected chi connectivity index (χ4v) is 6.19. The molecule has 6 N–H and O–H groups in total. The standard InChI is InChI=1S/C29H34N8O10S2/c1-29(2)24(26(39)37(29)47-49(42,43)44)33-25(38)23(20-16-48-28(30)32-20)34-46-21(27(40)41)15-45-19-7-4-17(5-8-19)18-6-9-22(35(3)14-18)36-12-10-31-11-13-36/h4-9,14,16,21,24,31H,10-13,15H2,1-3H3,(H4-,30,32,33,38,40,41,42,43,44)/p+1/b34-23-/t21-,24+/m0/s1. The van der Waals surface area contributed by atoms with Crippen molar-refractivity contribution in [1.29, 1.82) is 0 Å². The Hall–Kier alpha value is -4.89. The predicted molar refractivity (Wildman–Crippen MR) is 175 cm³/mol. The Labute approximate surface area is 285 Å². The first kappa shape index (κ1) is 35.4. The Balaban J connectivity index is 1.24. The number of carbonyl (C=O) groups is 3. The lowest BCUT2D eigenvalue weighted by Gasteiger charge is -2.50. The van der Waals surface area contributed by atoms with Gasteiger partial charge in [-0.1, -0.05) is 17.3 Å². The summed E-state index contributed by atoms with van der Waals surface area (Å²) in [6.45, 7) is 5.96. The average molecular weight is 720 g/mol. The largest absolute Gasteiger partial charge is 0.489 e. The minimum absolute atomic E-state index is 0.0640. The quantitative estimate of drug-likeness (QED) is 0.0502. The van der Waals surface area contributed by atoms with Crippen LogP contribution in [0.25, 0.3) is 11.1 Å². The van der Waals surface area contributed by atoms with Crippen LogP contribution in [0, 0.1) is 0 Å². The number of nitrogens with zero attached hydrogens (tertiary/aromatic N) is 5. The molecule has 18 nitrogen and oxygen atoms in total. The number of thiazole rings is 1. The van der Waals surface area contributed by atoms with Crippen molar-refractivity contribution in [2.75, 3.05) is 43.4 Å². The third-order valence-electron chi connectivity index (χ3n) is 7.78. The molecule has 20 heteroatoms. The summed E-state index contributed by atoms with van der Waals surface area (Å²) in [5.41, 5.74) is 5.59. The van der Waals surface area contributed by atoms with E-state index in [4.69, 9.17) is 19.9 Å². The second kappa shape index (κ2) is 14.3. The fraction of sp³-hybridized carbons (Fsp3) is 0.379. The van der Waals surface area contributed by atoms with E-state index in [2.05, 4.69) is 40.6 Å². The maximum Gasteiger partial charge on any atom is 0.418 e. The number of β-lactam (4-membered cyclic amide) rings is 1. The molecule has 262 valence electrons. The maximum atomic E-state index is 13.2. The number of oxime groups is 1. The Morgan fingerprint density at radius 3 is 2.45 bits per heavy atom. The number of carbonyl (C=O) groups excluding carboxylic acids is 2. The van der Waals surface area contributed by atoms with Gasteiger partial charge >= 0.3 is 16.4 Å². The molecule has 2 fully saturated rings. The van der Waals surface area contributed by atoms with Gasteiger partial charge in [-0.2, -0.15) is 13.5 Å². The number of nitrogens with one attached hydrogen (secondary N) is 2. The molecule has 4 heterocycles. The summed E-state index contributed by atoms with van der Waals surface area (Å²) in [7, 11) is -3.02. The van der Waals surface area contributed by atoms with E-state index in [-0.39, 0.29) is 10.8 Å². The molecule has 2 saturated heterocycles.